The lowest BCUT2D eigenvalue weighted by Gasteiger charge is -2.36. The Morgan fingerprint density at radius 2 is 2.16 bits per heavy atom. The minimum atomic E-state index is 0.240. The van der Waals surface area contributed by atoms with Gasteiger partial charge in [0.05, 0.1) is 0 Å². The molecular formula is C15H25N3O. The molecule has 1 N–H and O–H groups in total. The highest BCUT2D eigenvalue weighted by Gasteiger charge is 2.24. The Morgan fingerprint density at radius 3 is 2.84 bits per heavy atom. The molecule has 106 valence electrons. The van der Waals surface area contributed by atoms with E-state index in [0.29, 0.717) is 12.0 Å². The fraction of sp³-hybridized carbons (Fsp3) is 0.733. The minimum Gasteiger partial charge on any atom is -0.396 e. The highest BCUT2D eigenvalue weighted by molar-refractivity contribution is 5.35. The van der Waals surface area contributed by atoms with Gasteiger partial charge in [-0.1, -0.05) is 13.8 Å². The van der Waals surface area contributed by atoms with E-state index in [0.717, 1.165) is 36.7 Å². The Labute approximate surface area is 115 Å². The molecule has 1 aromatic rings. The predicted octanol–water partition coefficient (Wildman–Crippen LogP) is 2.65. The predicted molar refractivity (Wildman–Crippen MR) is 77.5 cm³/mol. The van der Waals surface area contributed by atoms with Crippen LogP contribution in [0, 0.1) is 6.92 Å². The van der Waals surface area contributed by atoms with Gasteiger partial charge in [0.25, 0.3) is 0 Å². The third-order valence-electron chi connectivity index (χ3n) is 3.80. The first-order valence-electron chi connectivity index (χ1n) is 7.35. The van der Waals surface area contributed by atoms with Gasteiger partial charge in [-0.05, 0) is 44.6 Å². The standard InChI is InChI=1S/C15H25N3O/c1-11(2)14-10-12(3)16-15(17-14)18-8-5-4-6-13(18)7-9-19/h10-11,13,19H,4-9H2,1-3H3. The average molecular weight is 263 g/mol. The van der Waals surface area contributed by atoms with Gasteiger partial charge in [0, 0.05) is 30.6 Å². The molecule has 0 bridgehead atoms. The van der Waals surface area contributed by atoms with Crippen molar-refractivity contribution < 1.29 is 5.11 Å². The number of hydrogen-bond acceptors (Lipinski definition) is 4. The molecule has 1 atom stereocenters. The first kappa shape index (κ1) is 14.3. The molecule has 0 aliphatic carbocycles. The quantitative estimate of drug-likeness (QED) is 0.907. The number of aliphatic hydroxyl groups excluding tert-OH is 1. The van der Waals surface area contributed by atoms with Crippen molar-refractivity contribution in [3.63, 3.8) is 0 Å². The number of aromatic nitrogens is 2. The number of piperidine rings is 1. The van der Waals surface area contributed by atoms with Crippen molar-refractivity contribution in [3.8, 4) is 0 Å². The molecule has 1 unspecified atom stereocenters. The molecule has 4 heteroatoms. The summed E-state index contributed by atoms with van der Waals surface area (Å²) in [6.07, 6.45) is 4.38. The maximum Gasteiger partial charge on any atom is 0.226 e. The zero-order valence-electron chi connectivity index (χ0n) is 12.3. The van der Waals surface area contributed by atoms with Crippen molar-refractivity contribution in [2.24, 2.45) is 0 Å². The molecule has 1 saturated heterocycles. The Bertz CT molecular complexity index is 418. The van der Waals surface area contributed by atoms with Gasteiger partial charge in [-0.3, -0.25) is 0 Å². The Kier molecular flexibility index (Phi) is 4.75. The smallest absolute Gasteiger partial charge is 0.226 e. The molecule has 2 heterocycles. The second kappa shape index (κ2) is 6.33. The van der Waals surface area contributed by atoms with Crippen molar-refractivity contribution in [2.75, 3.05) is 18.1 Å². The zero-order chi connectivity index (χ0) is 13.8. The normalized spacial score (nSPS) is 20.1. The summed E-state index contributed by atoms with van der Waals surface area (Å²) in [5, 5.41) is 9.21. The molecule has 0 saturated carbocycles. The molecule has 0 aromatic carbocycles. The summed E-state index contributed by atoms with van der Waals surface area (Å²) in [6.45, 7) is 7.59. The summed E-state index contributed by atoms with van der Waals surface area (Å²) in [5.74, 6) is 1.27. The Hall–Kier alpha value is -1.16. The van der Waals surface area contributed by atoms with Gasteiger partial charge in [-0.25, -0.2) is 9.97 Å². The van der Waals surface area contributed by atoms with Crippen LogP contribution in [0.3, 0.4) is 0 Å². The summed E-state index contributed by atoms with van der Waals surface area (Å²) in [5.41, 5.74) is 2.14. The van der Waals surface area contributed by atoms with Gasteiger partial charge in [0.1, 0.15) is 0 Å². The van der Waals surface area contributed by atoms with E-state index < -0.39 is 0 Å². The lowest BCUT2D eigenvalue weighted by molar-refractivity contribution is 0.261. The Morgan fingerprint density at radius 1 is 1.37 bits per heavy atom. The second-order valence-corrected chi connectivity index (χ2v) is 5.74. The molecule has 0 amide bonds. The van der Waals surface area contributed by atoms with E-state index in [1.165, 1.54) is 12.8 Å². The third-order valence-corrected chi connectivity index (χ3v) is 3.80. The van der Waals surface area contributed by atoms with E-state index in [4.69, 9.17) is 4.98 Å². The van der Waals surface area contributed by atoms with E-state index in [-0.39, 0.29) is 6.61 Å². The molecular weight excluding hydrogens is 238 g/mol. The summed E-state index contributed by atoms with van der Waals surface area (Å²) < 4.78 is 0. The zero-order valence-corrected chi connectivity index (χ0v) is 12.3. The highest BCUT2D eigenvalue weighted by Crippen LogP contribution is 2.25. The van der Waals surface area contributed by atoms with Crippen molar-refractivity contribution >= 4 is 5.95 Å². The molecule has 4 nitrogen and oxygen atoms in total. The van der Waals surface area contributed by atoms with Crippen LogP contribution in [0.5, 0.6) is 0 Å². The number of nitrogens with zero attached hydrogens (tertiary/aromatic N) is 3. The molecule has 1 fully saturated rings. The SMILES string of the molecule is Cc1cc(C(C)C)nc(N2CCCCC2CCO)n1. The van der Waals surface area contributed by atoms with Crippen molar-refractivity contribution in [1.29, 1.82) is 0 Å². The number of aliphatic hydroxyl groups is 1. The molecule has 1 aliphatic heterocycles. The van der Waals surface area contributed by atoms with Crippen LogP contribution < -0.4 is 4.90 Å². The molecule has 1 aromatic heterocycles. The van der Waals surface area contributed by atoms with Crippen molar-refractivity contribution in [2.45, 2.75) is 58.4 Å². The fourth-order valence-corrected chi connectivity index (χ4v) is 2.71. The molecule has 19 heavy (non-hydrogen) atoms. The maximum atomic E-state index is 9.21. The summed E-state index contributed by atoms with van der Waals surface area (Å²) >= 11 is 0. The summed E-state index contributed by atoms with van der Waals surface area (Å²) in [4.78, 5) is 11.6. The number of anilines is 1. The van der Waals surface area contributed by atoms with E-state index in [1.54, 1.807) is 0 Å². The third kappa shape index (κ3) is 3.44. The maximum absolute atomic E-state index is 9.21. The van der Waals surface area contributed by atoms with Crippen molar-refractivity contribution in [1.82, 2.24) is 9.97 Å². The van der Waals surface area contributed by atoms with Crippen LogP contribution >= 0.6 is 0 Å². The van der Waals surface area contributed by atoms with Crippen LogP contribution in [0.2, 0.25) is 0 Å². The highest BCUT2D eigenvalue weighted by atomic mass is 16.3. The van der Waals surface area contributed by atoms with Crippen LogP contribution in [0.4, 0.5) is 5.95 Å². The van der Waals surface area contributed by atoms with Crippen molar-refractivity contribution in [3.05, 3.63) is 17.5 Å². The number of aryl methyl sites for hydroxylation is 1. The number of hydrogen-bond donors (Lipinski definition) is 1. The van der Waals surface area contributed by atoms with Gasteiger partial charge < -0.3 is 10.0 Å². The van der Waals surface area contributed by atoms with E-state index in [1.807, 2.05) is 6.92 Å². The summed E-state index contributed by atoms with van der Waals surface area (Å²) in [6, 6.07) is 2.46. The topological polar surface area (TPSA) is 49.2 Å². The van der Waals surface area contributed by atoms with Gasteiger partial charge in [0.2, 0.25) is 5.95 Å². The fourth-order valence-electron chi connectivity index (χ4n) is 2.71. The van der Waals surface area contributed by atoms with Gasteiger partial charge >= 0.3 is 0 Å². The number of rotatable bonds is 4. The first-order chi connectivity index (χ1) is 9.11. The van der Waals surface area contributed by atoms with Gasteiger partial charge in [-0.2, -0.15) is 0 Å². The minimum absolute atomic E-state index is 0.240. The van der Waals surface area contributed by atoms with Crippen LogP contribution in [-0.4, -0.2) is 34.3 Å². The van der Waals surface area contributed by atoms with Gasteiger partial charge in [0.15, 0.2) is 0 Å². The van der Waals surface area contributed by atoms with Crippen LogP contribution in [0.15, 0.2) is 6.07 Å². The van der Waals surface area contributed by atoms with Gasteiger partial charge in [-0.15, -0.1) is 0 Å². The second-order valence-electron chi connectivity index (χ2n) is 5.74. The monoisotopic (exact) mass is 263 g/mol. The lowest BCUT2D eigenvalue weighted by atomic mass is 10.00. The van der Waals surface area contributed by atoms with E-state index in [2.05, 4.69) is 29.8 Å². The largest absolute Gasteiger partial charge is 0.396 e. The van der Waals surface area contributed by atoms with Crippen LogP contribution in [0.25, 0.3) is 0 Å². The molecule has 2 rings (SSSR count). The Balaban J connectivity index is 2.27. The first-order valence-corrected chi connectivity index (χ1v) is 7.35. The summed E-state index contributed by atoms with van der Waals surface area (Å²) in [7, 11) is 0. The molecule has 1 aliphatic rings. The average Bonchev–Trinajstić information content (AvgIpc) is 2.39. The van der Waals surface area contributed by atoms with Crippen LogP contribution in [0.1, 0.15) is 56.8 Å². The van der Waals surface area contributed by atoms with Crippen LogP contribution in [-0.2, 0) is 0 Å². The van der Waals surface area contributed by atoms with E-state index >= 15 is 0 Å². The molecule has 0 spiro atoms. The lowest BCUT2D eigenvalue weighted by Crippen LogP contribution is -2.41. The van der Waals surface area contributed by atoms with E-state index in [9.17, 15) is 5.11 Å². The molecule has 0 radical (unpaired) electrons.